The van der Waals surface area contributed by atoms with Crippen LogP contribution < -0.4 is 4.74 Å². The molecule has 0 bridgehead atoms. The van der Waals surface area contributed by atoms with Crippen LogP contribution in [0.3, 0.4) is 0 Å². The highest BCUT2D eigenvalue weighted by molar-refractivity contribution is 6.17. The first kappa shape index (κ1) is 19.7. The number of hydrogen-bond acceptors (Lipinski definition) is 5. The van der Waals surface area contributed by atoms with Gasteiger partial charge in [0.1, 0.15) is 11.3 Å². The Hall–Kier alpha value is -2.30. The first-order valence-electron chi connectivity index (χ1n) is 8.41. The fourth-order valence-corrected chi connectivity index (χ4v) is 1.99. The minimum absolute atomic E-state index is 0.115. The minimum Gasteiger partial charge on any atom is -0.494 e. The van der Waals surface area contributed by atoms with E-state index in [4.69, 9.17) is 14.2 Å². The molecule has 0 aliphatic rings. The van der Waals surface area contributed by atoms with E-state index in [2.05, 4.69) is 6.92 Å². The van der Waals surface area contributed by atoms with Gasteiger partial charge < -0.3 is 14.2 Å². The van der Waals surface area contributed by atoms with Crippen LogP contribution in [-0.4, -0.2) is 31.8 Å². The Morgan fingerprint density at radius 3 is 2.00 bits per heavy atom. The van der Waals surface area contributed by atoms with E-state index in [-0.39, 0.29) is 18.8 Å². The average molecular weight is 334 g/mol. The lowest BCUT2D eigenvalue weighted by Gasteiger charge is -2.08. The normalized spacial score (nSPS) is 9.96. The van der Waals surface area contributed by atoms with Crippen LogP contribution in [0.5, 0.6) is 5.75 Å². The summed E-state index contributed by atoms with van der Waals surface area (Å²) in [5.74, 6) is -0.608. The SMILES string of the molecule is CCCCCOc1ccc(C=C(C(=O)OCC)C(=O)OCC)cc1. The predicted molar refractivity (Wildman–Crippen MR) is 92.7 cm³/mol. The minimum atomic E-state index is -0.684. The number of esters is 2. The van der Waals surface area contributed by atoms with Gasteiger partial charge in [0, 0.05) is 0 Å². The molecule has 1 aromatic rings. The molecule has 0 N–H and O–H groups in total. The third-order valence-electron chi connectivity index (χ3n) is 3.20. The van der Waals surface area contributed by atoms with Crippen LogP contribution in [0.1, 0.15) is 45.6 Å². The van der Waals surface area contributed by atoms with Gasteiger partial charge in [0.25, 0.3) is 0 Å². The molecule has 5 heteroatoms. The maximum atomic E-state index is 11.9. The molecular weight excluding hydrogens is 308 g/mol. The molecule has 0 atom stereocenters. The Morgan fingerprint density at radius 1 is 0.917 bits per heavy atom. The van der Waals surface area contributed by atoms with Crippen LogP contribution in [0.15, 0.2) is 29.8 Å². The van der Waals surface area contributed by atoms with Crippen LogP contribution in [0.25, 0.3) is 6.08 Å². The molecule has 0 unspecified atom stereocenters. The summed E-state index contributed by atoms with van der Waals surface area (Å²) in [6.07, 6.45) is 4.78. The monoisotopic (exact) mass is 334 g/mol. The van der Waals surface area contributed by atoms with Crippen LogP contribution in [-0.2, 0) is 19.1 Å². The van der Waals surface area contributed by atoms with Crippen molar-refractivity contribution in [3.63, 3.8) is 0 Å². The molecule has 24 heavy (non-hydrogen) atoms. The molecule has 5 nitrogen and oxygen atoms in total. The van der Waals surface area contributed by atoms with Gasteiger partial charge in [-0.05, 0) is 44.0 Å². The number of carbonyl (C=O) groups is 2. The molecule has 132 valence electrons. The Balaban J connectivity index is 2.81. The Labute approximate surface area is 143 Å². The number of rotatable bonds is 10. The summed E-state index contributed by atoms with van der Waals surface area (Å²) >= 11 is 0. The van der Waals surface area contributed by atoms with Crippen molar-refractivity contribution in [1.82, 2.24) is 0 Å². The molecule has 1 aromatic carbocycles. The fraction of sp³-hybridized carbons (Fsp3) is 0.474. The van der Waals surface area contributed by atoms with Crippen molar-refractivity contribution in [3.8, 4) is 5.75 Å². The standard InChI is InChI=1S/C19H26O5/c1-4-7-8-13-24-16-11-9-15(10-12-16)14-17(18(20)22-5-2)19(21)23-6-3/h9-12,14H,4-8,13H2,1-3H3. The van der Waals surface area contributed by atoms with Gasteiger partial charge in [-0.15, -0.1) is 0 Å². The summed E-state index contributed by atoms with van der Waals surface area (Å²) < 4.78 is 15.5. The molecule has 0 amide bonds. The zero-order chi connectivity index (χ0) is 17.8. The largest absolute Gasteiger partial charge is 0.494 e. The molecule has 0 heterocycles. The van der Waals surface area contributed by atoms with E-state index in [9.17, 15) is 9.59 Å². The summed E-state index contributed by atoms with van der Waals surface area (Å²) in [6.45, 7) is 6.59. The lowest BCUT2D eigenvalue weighted by atomic mass is 10.1. The fourth-order valence-electron chi connectivity index (χ4n) is 1.99. The lowest BCUT2D eigenvalue weighted by molar-refractivity contribution is -0.146. The smallest absolute Gasteiger partial charge is 0.345 e. The van der Waals surface area contributed by atoms with Crippen LogP contribution in [0, 0.1) is 0 Å². The second kappa shape index (κ2) is 11.3. The average Bonchev–Trinajstić information content (AvgIpc) is 2.58. The van der Waals surface area contributed by atoms with Crippen molar-refractivity contribution < 1.29 is 23.8 Å². The van der Waals surface area contributed by atoms with E-state index in [1.54, 1.807) is 26.0 Å². The Bertz CT molecular complexity index is 525. The van der Waals surface area contributed by atoms with E-state index in [1.807, 2.05) is 12.1 Å². The molecule has 0 saturated carbocycles. The number of carbonyl (C=O) groups excluding carboxylic acids is 2. The Kier molecular flexibility index (Phi) is 9.27. The van der Waals surface area contributed by atoms with E-state index < -0.39 is 11.9 Å². The molecule has 0 aliphatic carbocycles. The predicted octanol–water partition coefficient (Wildman–Crippen LogP) is 3.77. The summed E-state index contributed by atoms with van der Waals surface area (Å²) in [7, 11) is 0. The van der Waals surface area contributed by atoms with E-state index in [1.165, 1.54) is 6.08 Å². The van der Waals surface area contributed by atoms with Crippen LogP contribution in [0.4, 0.5) is 0 Å². The molecule has 0 aliphatic heterocycles. The van der Waals surface area contributed by atoms with Crippen molar-refractivity contribution in [2.75, 3.05) is 19.8 Å². The highest BCUT2D eigenvalue weighted by Crippen LogP contribution is 2.16. The first-order chi connectivity index (χ1) is 11.6. The van der Waals surface area contributed by atoms with Gasteiger partial charge in [0.05, 0.1) is 19.8 Å². The van der Waals surface area contributed by atoms with Gasteiger partial charge in [0.2, 0.25) is 0 Å². The highest BCUT2D eigenvalue weighted by Gasteiger charge is 2.20. The summed E-state index contributed by atoms with van der Waals surface area (Å²) in [5, 5.41) is 0. The highest BCUT2D eigenvalue weighted by atomic mass is 16.6. The first-order valence-corrected chi connectivity index (χ1v) is 8.41. The van der Waals surface area contributed by atoms with Crippen LogP contribution >= 0.6 is 0 Å². The van der Waals surface area contributed by atoms with Gasteiger partial charge >= 0.3 is 11.9 Å². The molecule has 0 aromatic heterocycles. The van der Waals surface area contributed by atoms with Crippen molar-refractivity contribution in [1.29, 1.82) is 0 Å². The third kappa shape index (κ3) is 6.86. The summed E-state index contributed by atoms with van der Waals surface area (Å²) in [5.41, 5.74) is 0.585. The maximum absolute atomic E-state index is 11.9. The van der Waals surface area contributed by atoms with Crippen molar-refractivity contribution >= 4 is 18.0 Å². The number of benzene rings is 1. The van der Waals surface area contributed by atoms with E-state index >= 15 is 0 Å². The molecule has 0 saturated heterocycles. The quantitative estimate of drug-likeness (QED) is 0.214. The molecule has 0 spiro atoms. The van der Waals surface area contributed by atoms with E-state index in [0.29, 0.717) is 12.2 Å². The number of ether oxygens (including phenoxy) is 3. The van der Waals surface area contributed by atoms with Crippen molar-refractivity contribution in [3.05, 3.63) is 35.4 Å². The zero-order valence-corrected chi connectivity index (χ0v) is 14.7. The number of unbranched alkanes of at least 4 members (excludes halogenated alkanes) is 2. The summed E-state index contributed by atoms with van der Waals surface area (Å²) in [4.78, 5) is 23.8. The maximum Gasteiger partial charge on any atom is 0.345 e. The topological polar surface area (TPSA) is 61.8 Å². The molecule has 1 rings (SSSR count). The van der Waals surface area contributed by atoms with Gasteiger partial charge in [-0.1, -0.05) is 31.9 Å². The third-order valence-corrected chi connectivity index (χ3v) is 3.20. The van der Waals surface area contributed by atoms with Gasteiger partial charge in [0.15, 0.2) is 0 Å². The zero-order valence-electron chi connectivity index (χ0n) is 14.7. The van der Waals surface area contributed by atoms with Gasteiger partial charge in [-0.25, -0.2) is 9.59 Å². The van der Waals surface area contributed by atoms with Crippen molar-refractivity contribution in [2.24, 2.45) is 0 Å². The molecule has 0 fully saturated rings. The van der Waals surface area contributed by atoms with Gasteiger partial charge in [-0.3, -0.25) is 0 Å². The van der Waals surface area contributed by atoms with Crippen LogP contribution in [0.2, 0.25) is 0 Å². The Morgan fingerprint density at radius 2 is 1.50 bits per heavy atom. The molecule has 0 radical (unpaired) electrons. The van der Waals surface area contributed by atoms with E-state index in [0.717, 1.165) is 25.0 Å². The summed E-state index contributed by atoms with van der Waals surface area (Å²) in [6, 6.07) is 7.19. The van der Waals surface area contributed by atoms with Gasteiger partial charge in [-0.2, -0.15) is 0 Å². The second-order valence-corrected chi connectivity index (χ2v) is 5.12. The number of hydrogen-bond donors (Lipinski definition) is 0. The molecular formula is C19H26O5. The van der Waals surface area contributed by atoms with Crippen molar-refractivity contribution in [2.45, 2.75) is 40.0 Å². The second-order valence-electron chi connectivity index (χ2n) is 5.12. The lowest BCUT2D eigenvalue weighted by Crippen LogP contribution is -2.18.